The van der Waals surface area contributed by atoms with Gasteiger partial charge in [0, 0.05) is 27.5 Å². The van der Waals surface area contributed by atoms with E-state index in [9.17, 15) is 14.4 Å². The SMILES string of the molecule is CCOC(=O)c1c(-c2ccccc2)csc1NC(=O)c1c[nH]c2cc(Cl)ccc2c1=O. The maximum absolute atomic E-state index is 12.9. The summed E-state index contributed by atoms with van der Waals surface area (Å²) < 4.78 is 5.20. The number of aromatic nitrogens is 1. The number of carbonyl (C=O) groups excluding carboxylic acids is 2. The van der Waals surface area contributed by atoms with E-state index in [4.69, 9.17) is 16.3 Å². The van der Waals surface area contributed by atoms with Gasteiger partial charge in [-0.2, -0.15) is 0 Å². The number of esters is 1. The number of ether oxygens (including phenoxy) is 1. The van der Waals surface area contributed by atoms with Crippen molar-refractivity contribution in [2.45, 2.75) is 6.92 Å². The Morgan fingerprint density at radius 2 is 1.94 bits per heavy atom. The number of fused-ring (bicyclic) bond motifs is 1. The predicted octanol–water partition coefficient (Wildman–Crippen LogP) is 5.34. The molecule has 0 aliphatic heterocycles. The largest absolute Gasteiger partial charge is 0.462 e. The van der Waals surface area contributed by atoms with Gasteiger partial charge in [-0.15, -0.1) is 11.3 Å². The number of thiophene rings is 1. The molecule has 0 saturated heterocycles. The smallest absolute Gasteiger partial charge is 0.341 e. The van der Waals surface area contributed by atoms with Crippen molar-refractivity contribution in [3.05, 3.63) is 86.5 Å². The third kappa shape index (κ3) is 4.10. The first-order valence-electron chi connectivity index (χ1n) is 9.46. The Labute approximate surface area is 186 Å². The van der Waals surface area contributed by atoms with Gasteiger partial charge >= 0.3 is 5.97 Å². The van der Waals surface area contributed by atoms with Crippen LogP contribution in [0.15, 0.2) is 64.9 Å². The molecule has 0 aliphatic rings. The molecular formula is C23H17ClN2O4S. The number of amides is 1. The minimum Gasteiger partial charge on any atom is -0.462 e. The third-order valence-corrected chi connectivity index (χ3v) is 5.80. The molecule has 31 heavy (non-hydrogen) atoms. The second-order valence-corrected chi connectivity index (χ2v) is 7.93. The van der Waals surface area contributed by atoms with Crippen molar-refractivity contribution in [3.8, 4) is 11.1 Å². The third-order valence-electron chi connectivity index (χ3n) is 4.67. The Bertz CT molecular complexity index is 1340. The summed E-state index contributed by atoms with van der Waals surface area (Å²) in [4.78, 5) is 41.3. The quantitative estimate of drug-likeness (QED) is 0.400. The summed E-state index contributed by atoms with van der Waals surface area (Å²) in [6.07, 6.45) is 1.34. The average Bonchev–Trinajstić information content (AvgIpc) is 3.18. The standard InChI is InChI=1S/C23H17ClN2O4S/c1-2-30-23(29)19-17(13-6-4-3-5-7-13)12-31-22(19)26-21(28)16-11-25-18-10-14(24)8-9-15(18)20(16)27/h3-12H,2H2,1H3,(H,25,27)(H,26,28). The van der Waals surface area contributed by atoms with Crippen molar-refractivity contribution in [3.63, 3.8) is 0 Å². The first-order valence-corrected chi connectivity index (χ1v) is 10.7. The van der Waals surface area contributed by atoms with Gasteiger partial charge in [-0.05, 0) is 30.7 Å². The molecular weight excluding hydrogens is 436 g/mol. The van der Waals surface area contributed by atoms with E-state index in [1.165, 1.54) is 17.5 Å². The highest BCUT2D eigenvalue weighted by Gasteiger charge is 2.24. The Kier molecular flexibility index (Phi) is 5.88. The second kappa shape index (κ2) is 8.75. The van der Waals surface area contributed by atoms with Crippen LogP contribution in [0, 0.1) is 0 Å². The molecule has 0 bridgehead atoms. The predicted molar refractivity (Wildman–Crippen MR) is 123 cm³/mol. The summed E-state index contributed by atoms with van der Waals surface area (Å²) in [5.74, 6) is -1.16. The fourth-order valence-electron chi connectivity index (χ4n) is 3.22. The van der Waals surface area contributed by atoms with Crippen molar-refractivity contribution in [2.24, 2.45) is 0 Å². The van der Waals surface area contributed by atoms with Crippen molar-refractivity contribution in [2.75, 3.05) is 11.9 Å². The van der Waals surface area contributed by atoms with E-state index in [-0.39, 0.29) is 17.7 Å². The van der Waals surface area contributed by atoms with Crippen molar-refractivity contribution in [1.29, 1.82) is 0 Å². The van der Waals surface area contributed by atoms with Crippen LogP contribution in [0.3, 0.4) is 0 Å². The Hall–Kier alpha value is -3.42. The van der Waals surface area contributed by atoms with E-state index in [2.05, 4.69) is 10.3 Å². The lowest BCUT2D eigenvalue weighted by Gasteiger charge is -2.09. The molecule has 0 fully saturated rings. The zero-order valence-corrected chi connectivity index (χ0v) is 18.0. The van der Waals surface area contributed by atoms with Gasteiger partial charge in [0.25, 0.3) is 5.91 Å². The van der Waals surface area contributed by atoms with E-state index >= 15 is 0 Å². The van der Waals surface area contributed by atoms with E-state index < -0.39 is 17.3 Å². The Balaban J connectivity index is 1.73. The van der Waals surface area contributed by atoms with Crippen LogP contribution >= 0.6 is 22.9 Å². The molecule has 4 rings (SSSR count). The molecule has 0 atom stereocenters. The molecule has 2 aromatic heterocycles. The van der Waals surface area contributed by atoms with Crippen LogP contribution in [0.1, 0.15) is 27.6 Å². The van der Waals surface area contributed by atoms with Crippen LogP contribution in [0.2, 0.25) is 5.02 Å². The van der Waals surface area contributed by atoms with E-state index in [0.29, 0.717) is 26.5 Å². The molecule has 0 unspecified atom stereocenters. The van der Waals surface area contributed by atoms with Gasteiger partial charge in [-0.1, -0.05) is 41.9 Å². The Morgan fingerprint density at radius 3 is 2.68 bits per heavy atom. The number of rotatable bonds is 5. The molecule has 6 nitrogen and oxygen atoms in total. The van der Waals surface area contributed by atoms with Crippen molar-refractivity contribution >= 4 is 50.7 Å². The van der Waals surface area contributed by atoms with Gasteiger partial charge in [-0.3, -0.25) is 9.59 Å². The van der Waals surface area contributed by atoms with Crippen LogP contribution in [0.25, 0.3) is 22.0 Å². The van der Waals surface area contributed by atoms with E-state index in [1.54, 1.807) is 30.5 Å². The molecule has 0 radical (unpaired) electrons. The highest BCUT2D eigenvalue weighted by molar-refractivity contribution is 7.15. The lowest BCUT2D eigenvalue weighted by atomic mass is 10.0. The lowest BCUT2D eigenvalue weighted by Crippen LogP contribution is -2.22. The number of pyridine rings is 1. The number of H-pyrrole nitrogens is 1. The van der Waals surface area contributed by atoms with Gasteiger partial charge < -0.3 is 15.0 Å². The minimum atomic E-state index is -0.620. The van der Waals surface area contributed by atoms with E-state index in [1.807, 2.05) is 30.3 Å². The summed E-state index contributed by atoms with van der Waals surface area (Å²) in [6.45, 7) is 1.91. The maximum atomic E-state index is 12.9. The van der Waals surface area contributed by atoms with Crippen LogP contribution in [0.4, 0.5) is 5.00 Å². The van der Waals surface area contributed by atoms with E-state index in [0.717, 1.165) is 5.56 Å². The molecule has 0 saturated carbocycles. The second-order valence-electron chi connectivity index (χ2n) is 6.62. The molecule has 1 amide bonds. The lowest BCUT2D eigenvalue weighted by molar-refractivity contribution is 0.0529. The number of hydrogen-bond donors (Lipinski definition) is 2. The number of halogens is 1. The maximum Gasteiger partial charge on any atom is 0.341 e. The van der Waals surface area contributed by atoms with Crippen molar-refractivity contribution < 1.29 is 14.3 Å². The molecule has 0 spiro atoms. The molecule has 4 aromatic rings. The van der Waals surface area contributed by atoms with Crippen LogP contribution < -0.4 is 10.7 Å². The monoisotopic (exact) mass is 452 g/mol. The van der Waals surface area contributed by atoms with Crippen LogP contribution in [-0.2, 0) is 4.74 Å². The molecule has 2 heterocycles. The molecule has 2 N–H and O–H groups in total. The summed E-state index contributed by atoms with van der Waals surface area (Å²) in [5, 5.41) is 5.63. The fraction of sp³-hybridized carbons (Fsp3) is 0.0870. The highest BCUT2D eigenvalue weighted by Crippen LogP contribution is 2.36. The number of hydrogen-bond acceptors (Lipinski definition) is 5. The number of nitrogens with one attached hydrogen (secondary N) is 2. The van der Waals surface area contributed by atoms with Gasteiger partial charge in [0.1, 0.15) is 16.1 Å². The normalized spacial score (nSPS) is 10.8. The first kappa shape index (κ1) is 20.8. The number of benzene rings is 2. The summed E-state index contributed by atoms with van der Waals surface area (Å²) in [7, 11) is 0. The molecule has 8 heteroatoms. The van der Waals surface area contributed by atoms with Gasteiger partial charge in [0.2, 0.25) is 5.43 Å². The van der Waals surface area contributed by atoms with Crippen LogP contribution in [-0.4, -0.2) is 23.5 Å². The average molecular weight is 453 g/mol. The molecule has 156 valence electrons. The first-order chi connectivity index (χ1) is 15.0. The molecule has 2 aromatic carbocycles. The number of carbonyl (C=O) groups is 2. The van der Waals surface area contributed by atoms with Gasteiger partial charge in [-0.25, -0.2) is 4.79 Å². The highest BCUT2D eigenvalue weighted by atomic mass is 35.5. The number of anilines is 1. The fourth-order valence-corrected chi connectivity index (χ4v) is 4.34. The zero-order chi connectivity index (χ0) is 22.0. The van der Waals surface area contributed by atoms with Gasteiger partial charge in [0.15, 0.2) is 0 Å². The van der Waals surface area contributed by atoms with Gasteiger partial charge in [0.05, 0.1) is 12.1 Å². The summed E-state index contributed by atoms with van der Waals surface area (Å²) >= 11 is 7.16. The topological polar surface area (TPSA) is 88.3 Å². The van der Waals surface area contributed by atoms with Crippen molar-refractivity contribution in [1.82, 2.24) is 4.98 Å². The molecule has 0 aliphatic carbocycles. The zero-order valence-electron chi connectivity index (χ0n) is 16.4. The minimum absolute atomic E-state index is 0.0701. The Morgan fingerprint density at radius 1 is 1.16 bits per heavy atom. The summed E-state index contributed by atoms with van der Waals surface area (Å²) in [5.41, 5.74) is 1.77. The van der Waals surface area contributed by atoms with Crippen LogP contribution in [0.5, 0.6) is 0 Å². The number of aromatic amines is 1. The summed E-state index contributed by atoms with van der Waals surface area (Å²) in [6, 6.07) is 14.1.